The van der Waals surface area contributed by atoms with Gasteiger partial charge in [0.1, 0.15) is 0 Å². The van der Waals surface area contributed by atoms with Gasteiger partial charge in [-0.2, -0.15) is 0 Å². The minimum atomic E-state index is 0. The monoisotopic (exact) mass is 235 g/mol. The van der Waals surface area contributed by atoms with E-state index in [1.807, 2.05) is 0 Å². The first kappa shape index (κ1) is 9.12. The van der Waals surface area contributed by atoms with Crippen molar-refractivity contribution in [1.82, 2.24) is 0 Å². The van der Waals surface area contributed by atoms with Gasteiger partial charge in [0, 0.05) is 0 Å². The summed E-state index contributed by atoms with van der Waals surface area (Å²) < 4.78 is 0. The molecule has 0 aromatic rings. The summed E-state index contributed by atoms with van der Waals surface area (Å²) in [6.45, 7) is 0. The summed E-state index contributed by atoms with van der Waals surface area (Å²) >= 11 is 0.306. The van der Waals surface area contributed by atoms with Crippen molar-refractivity contribution in [2.75, 3.05) is 0 Å². The van der Waals surface area contributed by atoms with Crippen molar-refractivity contribution in [3.05, 3.63) is 0 Å². The first-order chi connectivity index (χ1) is 1.41. The number of hydrogen-bond donors (Lipinski definition) is 0. The molecule has 0 N–H and O–H groups in total. The van der Waals surface area contributed by atoms with Gasteiger partial charge in [-0.15, -0.1) is 0 Å². The summed E-state index contributed by atoms with van der Waals surface area (Å²) in [6, 6.07) is 0. The summed E-state index contributed by atoms with van der Waals surface area (Å²) in [5.74, 6) is 0. The second-order valence-corrected chi connectivity index (χ2v) is 11.0. The standard InChI is InChI=1S/CH3.Li.H3Si.Ta.H/h1H3;;1H3;;. The Bertz CT molecular complexity index is 8.00. The van der Waals surface area contributed by atoms with E-state index in [0.717, 1.165) is 0 Å². The molecule has 21 valence electrons. The molecule has 0 bridgehead atoms. The van der Waals surface area contributed by atoms with Gasteiger partial charge < -0.3 is 0 Å². The topological polar surface area (TPSA) is 0 Å². The fraction of sp³-hybridized carbons (Fsp3) is 1.00. The molecule has 0 aliphatic carbocycles. The number of hydrogen-bond acceptors (Lipinski definition) is 0. The Balaban J connectivity index is 0. The van der Waals surface area contributed by atoms with Gasteiger partial charge in [0.25, 0.3) is 0 Å². The molecule has 3 heteroatoms. The molecule has 0 unspecified atom stereocenters. The van der Waals surface area contributed by atoms with E-state index in [4.69, 9.17) is 0 Å². The van der Waals surface area contributed by atoms with Crippen molar-refractivity contribution in [3.8, 4) is 0 Å². The SMILES string of the molecule is [CH3][Ta][SiH3].[LiH]. The predicted octanol–water partition coefficient (Wildman–Crippen LogP) is -1.25. The van der Waals surface area contributed by atoms with Crippen LogP contribution < -0.4 is 0 Å². The molecule has 0 aromatic carbocycles. The van der Waals surface area contributed by atoms with Crippen LogP contribution in [0, 0.1) is 0 Å². The van der Waals surface area contributed by atoms with Crippen LogP contribution in [0.15, 0.2) is 0 Å². The normalized spacial score (nSPS) is 4.25. The summed E-state index contributed by atoms with van der Waals surface area (Å²) in [5, 5.41) is 2.37. The molecule has 0 heterocycles. The molecule has 0 atom stereocenters. The third-order valence-electron chi connectivity index (χ3n) is 0. The summed E-state index contributed by atoms with van der Waals surface area (Å²) in [7, 11) is 1.55. The average molecular weight is 235 g/mol. The zero-order chi connectivity index (χ0) is 2.71. The molecule has 4 heavy (non-hydrogen) atoms. The Morgan fingerprint density at radius 1 is 1.75 bits per heavy atom. The first-order valence-electron chi connectivity index (χ1n) is 0.894. The van der Waals surface area contributed by atoms with E-state index in [0.29, 0.717) is 19.0 Å². The third-order valence-corrected chi connectivity index (χ3v) is 0. The van der Waals surface area contributed by atoms with Crippen molar-refractivity contribution in [2.45, 2.75) is 5.14 Å². The maximum absolute atomic E-state index is 2.37. The fourth-order valence-electron chi connectivity index (χ4n) is 0. The Hall–Kier alpha value is 1.55. The van der Waals surface area contributed by atoms with Gasteiger partial charge in [0.05, 0.1) is 0 Å². The zero-order valence-corrected chi connectivity index (χ0v) is 7.66. The summed E-state index contributed by atoms with van der Waals surface area (Å²) in [5.41, 5.74) is 0. The average Bonchev–Trinajstić information content (AvgIpc) is 0.918. The Labute approximate surface area is 50.8 Å². The first-order valence-corrected chi connectivity index (χ1v) is 14.6. The van der Waals surface area contributed by atoms with Gasteiger partial charge in [-0.25, -0.2) is 0 Å². The molecular weight excluding hydrogens is 228 g/mol. The van der Waals surface area contributed by atoms with E-state index in [1.165, 1.54) is 0 Å². The van der Waals surface area contributed by atoms with Gasteiger partial charge in [-0.1, -0.05) is 0 Å². The van der Waals surface area contributed by atoms with Crippen LogP contribution in [0.3, 0.4) is 0 Å². The Morgan fingerprint density at radius 3 is 1.75 bits per heavy atom. The van der Waals surface area contributed by atoms with Gasteiger partial charge in [0.2, 0.25) is 0 Å². The van der Waals surface area contributed by atoms with Crippen LogP contribution in [0.4, 0.5) is 0 Å². The molecule has 0 nitrogen and oxygen atoms in total. The molecule has 0 spiro atoms. The van der Waals surface area contributed by atoms with Gasteiger partial charge in [0.15, 0.2) is 0 Å². The van der Waals surface area contributed by atoms with E-state index in [9.17, 15) is 0 Å². The second kappa shape index (κ2) is 8.82. The molecule has 0 rings (SSSR count). The van der Waals surface area contributed by atoms with Crippen LogP contribution in [-0.4, -0.2) is 26.9 Å². The quantitative estimate of drug-likeness (QED) is 0.460. The van der Waals surface area contributed by atoms with Crippen LogP contribution in [-0.2, 0) is 19.0 Å². The van der Waals surface area contributed by atoms with Crippen LogP contribution in [0.5, 0.6) is 0 Å². The minimum absolute atomic E-state index is 0. The number of rotatable bonds is 0. The molecule has 0 aromatic heterocycles. The van der Waals surface area contributed by atoms with Crippen molar-refractivity contribution in [3.63, 3.8) is 0 Å². The second-order valence-electron chi connectivity index (χ2n) is 0.447. The van der Waals surface area contributed by atoms with E-state index in [-0.39, 0.29) is 18.9 Å². The van der Waals surface area contributed by atoms with E-state index < -0.39 is 0 Å². The third kappa shape index (κ3) is 9.60. The molecule has 0 aliphatic rings. The van der Waals surface area contributed by atoms with Crippen molar-refractivity contribution in [2.24, 2.45) is 0 Å². The van der Waals surface area contributed by atoms with Crippen LogP contribution in [0.1, 0.15) is 0 Å². The molecular formula is CH7LiSiTa. The molecule has 0 saturated heterocycles. The predicted molar refractivity (Wildman–Crippen MR) is 23.0 cm³/mol. The molecule has 0 fully saturated rings. The molecule has 0 saturated carbocycles. The van der Waals surface area contributed by atoms with E-state index >= 15 is 0 Å². The van der Waals surface area contributed by atoms with Crippen LogP contribution in [0.2, 0.25) is 5.14 Å². The Morgan fingerprint density at radius 2 is 1.75 bits per heavy atom. The fourth-order valence-corrected chi connectivity index (χ4v) is 0. The summed E-state index contributed by atoms with van der Waals surface area (Å²) in [6.07, 6.45) is 0. The van der Waals surface area contributed by atoms with Gasteiger partial charge in [-0.3, -0.25) is 0 Å². The van der Waals surface area contributed by atoms with Crippen LogP contribution >= 0.6 is 0 Å². The van der Waals surface area contributed by atoms with Gasteiger partial charge >= 0.3 is 51.0 Å². The Kier molecular flexibility index (Phi) is 20.1. The maximum atomic E-state index is 2.37. The summed E-state index contributed by atoms with van der Waals surface area (Å²) in [4.78, 5) is 0. The molecule has 0 amide bonds. The molecule has 0 radical (unpaired) electrons. The van der Waals surface area contributed by atoms with Crippen molar-refractivity contribution >= 4 is 26.9 Å². The van der Waals surface area contributed by atoms with Crippen molar-refractivity contribution < 1.29 is 19.0 Å². The van der Waals surface area contributed by atoms with Crippen LogP contribution in [0.25, 0.3) is 0 Å². The van der Waals surface area contributed by atoms with E-state index in [2.05, 4.69) is 5.14 Å². The van der Waals surface area contributed by atoms with Gasteiger partial charge in [-0.05, 0) is 0 Å². The zero-order valence-electron chi connectivity index (χ0n) is 2.45. The molecule has 0 aliphatic heterocycles. The van der Waals surface area contributed by atoms with Crippen molar-refractivity contribution in [1.29, 1.82) is 0 Å². The van der Waals surface area contributed by atoms with E-state index in [1.54, 1.807) is 8.00 Å².